The van der Waals surface area contributed by atoms with Crippen LogP contribution in [-0.4, -0.2) is 66.0 Å². The van der Waals surface area contributed by atoms with E-state index in [1.54, 1.807) is 19.2 Å². The third kappa shape index (κ3) is 6.05. The number of hydrogen-bond donors (Lipinski definition) is 1. The van der Waals surface area contributed by atoms with Gasteiger partial charge < -0.3 is 29.0 Å². The molecule has 0 aliphatic carbocycles. The maximum atomic E-state index is 11.8. The van der Waals surface area contributed by atoms with Crippen molar-refractivity contribution in [1.82, 2.24) is 4.90 Å². The predicted molar refractivity (Wildman–Crippen MR) is 96.9 cm³/mol. The lowest BCUT2D eigenvalue weighted by Gasteiger charge is -2.30. The Bertz CT molecular complexity index is 714. The normalized spacial score (nSPS) is 25.9. The van der Waals surface area contributed by atoms with E-state index in [0.29, 0.717) is 0 Å². The van der Waals surface area contributed by atoms with Crippen LogP contribution in [0, 0.1) is 5.92 Å². The molecule has 0 saturated carbocycles. The molecule has 2 aliphatic heterocycles. The van der Waals surface area contributed by atoms with Crippen LogP contribution in [-0.2, 0) is 38.1 Å². The SMILES string of the molecule is COC(=O)CCC(=O)OC[C@H]1O[C@@H](N2C=CCC(C(=O)O)=C2)C(OC(C)=O)[C@@H]1C. The van der Waals surface area contributed by atoms with E-state index in [9.17, 15) is 24.3 Å². The van der Waals surface area contributed by atoms with Gasteiger partial charge in [-0.25, -0.2) is 4.79 Å². The molecule has 0 aromatic rings. The molecule has 0 aromatic heterocycles. The average Bonchev–Trinajstić information content (AvgIpc) is 2.99. The molecular weight excluding hydrogens is 386 g/mol. The number of hydrogen-bond acceptors (Lipinski definition) is 9. The van der Waals surface area contributed by atoms with E-state index >= 15 is 0 Å². The van der Waals surface area contributed by atoms with Crippen LogP contribution in [0.2, 0.25) is 0 Å². The van der Waals surface area contributed by atoms with Gasteiger partial charge in [0.2, 0.25) is 0 Å². The van der Waals surface area contributed by atoms with Crippen molar-refractivity contribution < 1.29 is 43.2 Å². The van der Waals surface area contributed by atoms with E-state index in [4.69, 9.17) is 14.2 Å². The van der Waals surface area contributed by atoms with E-state index < -0.39 is 42.3 Å². The van der Waals surface area contributed by atoms with Crippen molar-refractivity contribution in [2.75, 3.05) is 13.7 Å². The molecule has 2 aliphatic rings. The summed E-state index contributed by atoms with van der Waals surface area (Å²) in [6.07, 6.45) is 2.78. The van der Waals surface area contributed by atoms with E-state index in [1.807, 2.05) is 0 Å². The fraction of sp³-hybridized carbons (Fsp3) is 0.579. The molecule has 29 heavy (non-hydrogen) atoms. The summed E-state index contributed by atoms with van der Waals surface area (Å²) >= 11 is 0. The summed E-state index contributed by atoms with van der Waals surface area (Å²) in [6.45, 7) is 2.97. The maximum Gasteiger partial charge on any atom is 0.333 e. The molecule has 0 aromatic carbocycles. The number of carbonyl (C=O) groups is 4. The smallest absolute Gasteiger partial charge is 0.333 e. The van der Waals surface area contributed by atoms with Gasteiger partial charge in [0, 0.05) is 31.7 Å². The van der Waals surface area contributed by atoms with Crippen molar-refractivity contribution in [2.45, 2.75) is 51.5 Å². The van der Waals surface area contributed by atoms with Crippen molar-refractivity contribution in [2.24, 2.45) is 5.92 Å². The molecule has 1 saturated heterocycles. The predicted octanol–water partition coefficient (Wildman–Crippen LogP) is 0.963. The second-order valence-corrected chi connectivity index (χ2v) is 6.75. The summed E-state index contributed by atoms with van der Waals surface area (Å²) in [5.74, 6) is -2.97. The van der Waals surface area contributed by atoms with E-state index in [-0.39, 0.29) is 37.4 Å². The number of methoxy groups -OCH3 is 1. The van der Waals surface area contributed by atoms with Crippen molar-refractivity contribution in [3.8, 4) is 0 Å². The lowest BCUT2D eigenvalue weighted by molar-refractivity contribution is -0.156. The Morgan fingerprint density at radius 1 is 1.24 bits per heavy atom. The Labute approximate surface area is 168 Å². The number of rotatable bonds is 8. The van der Waals surface area contributed by atoms with E-state index in [0.717, 1.165) is 0 Å². The van der Waals surface area contributed by atoms with Gasteiger partial charge in [0.1, 0.15) is 12.7 Å². The molecule has 1 fully saturated rings. The zero-order valence-electron chi connectivity index (χ0n) is 16.5. The van der Waals surface area contributed by atoms with Crippen LogP contribution in [0.5, 0.6) is 0 Å². The number of aliphatic carboxylic acids is 1. The summed E-state index contributed by atoms with van der Waals surface area (Å²) in [6, 6.07) is 0. The largest absolute Gasteiger partial charge is 0.478 e. The number of carbonyl (C=O) groups excluding carboxylic acids is 3. The van der Waals surface area contributed by atoms with Gasteiger partial charge in [-0.05, 0) is 0 Å². The molecule has 0 spiro atoms. The quantitative estimate of drug-likeness (QED) is 0.455. The molecule has 1 N–H and O–H groups in total. The second kappa shape index (κ2) is 10.1. The minimum atomic E-state index is -1.05. The Hall–Kier alpha value is -2.88. The summed E-state index contributed by atoms with van der Waals surface area (Å²) < 4.78 is 21.0. The van der Waals surface area contributed by atoms with Crippen molar-refractivity contribution >= 4 is 23.9 Å². The lowest BCUT2D eigenvalue weighted by Crippen LogP contribution is -2.40. The average molecular weight is 411 g/mol. The first-order chi connectivity index (χ1) is 13.7. The zero-order valence-corrected chi connectivity index (χ0v) is 16.5. The van der Waals surface area contributed by atoms with Gasteiger partial charge in [-0.15, -0.1) is 0 Å². The molecule has 4 atom stereocenters. The molecule has 2 rings (SSSR count). The topological polar surface area (TPSA) is 129 Å². The summed E-state index contributed by atoms with van der Waals surface area (Å²) in [5.41, 5.74) is 0.169. The molecule has 160 valence electrons. The molecule has 10 heteroatoms. The monoisotopic (exact) mass is 411 g/mol. The van der Waals surface area contributed by atoms with Crippen LogP contribution >= 0.6 is 0 Å². The number of ether oxygens (including phenoxy) is 4. The highest BCUT2D eigenvalue weighted by molar-refractivity contribution is 5.87. The van der Waals surface area contributed by atoms with Gasteiger partial charge in [0.15, 0.2) is 12.3 Å². The van der Waals surface area contributed by atoms with Crippen molar-refractivity contribution in [3.63, 3.8) is 0 Å². The van der Waals surface area contributed by atoms with Crippen molar-refractivity contribution in [1.29, 1.82) is 0 Å². The minimum Gasteiger partial charge on any atom is -0.478 e. The first kappa shape index (κ1) is 22.4. The Kier molecular flexibility index (Phi) is 7.77. The van der Waals surface area contributed by atoms with Crippen LogP contribution in [0.4, 0.5) is 0 Å². The summed E-state index contributed by atoms with van der Waals surface area (Å²) in [7, 11) is 1.23. The zero-order chi connectivity index (χ0) is 21.6. The number of esters is 3. The van der Waals surface area contributed by atoms with Gasteiger partial charge in [0.05, 0.1) is 25.5 Å². The van der Waals surface area contributed by atoms with Crippen LogP contribution < -0.4 is 0 Å². The first-order valence-corrected chi connectivity index (χ1v) is 9.16. The van der Waals surface area contributed by atoms with Crippen molar-refractivity contribution in [3.05, 3.63) is 24.0 Å². The third-order valence-electron chi connectivity index (χ3n) is 4.66. The fourth-order valence-electron chi connectivity index (χ4n) is 3.07. The van der Waals surface area contributed by atoms with Gasteiger partial charge in [0.25, 0.3) is 0 Å². The number of nitrogens with zero attached hydrogens (tertiary/aromatic N) is 1. The number of carboxylic acids is 1. The minimum absolute atomic E-state index is 0.0869. The van der Waals surface area contributed by atoms with Crippen LogP contribution in [0.1, 0.15) is 33.1 Å². The molecule has 0 amide bonds. The summed E-state index contributed by atoms with van der Waals surface area (Å²) in [4.78, 5) is 47.3. The third-order valence-corrected chi connectivity index (χ3v) is 4.66. The van der Waals surface area contributed by atoms with Gasteiger partial charge in [-0.3, -0.25) is 14.4 Å². The highest BCUT2D eigenvalue weighted by Gasteiger charge is 2.47. The highest BCUT2D eigenvalue weighted by Crippen LogP contribution is 2.33. The molecule has 1 unspecified atom stereocenters. The second-order valence-electron chi connectivity index (χ2n) is 6.75. The molecule has 0 radical (unpaired) electrons. The number of carboxylic acid groups (broad SMARTS) is 1. The molecule has 10 nitrogen and oxygen atoms in total. The molecule has 0 bridgehead atoms. The van der Waals surface area contributed by atoms with Gasteiger partial charge >= 0.3 is 23.9 Å². The van der Waals surface area contributed by atoms with Crippen LogP contribution in [0.3, 0.4) is 0 Å². The van der Waals surface area contributed by atoms with E-state index in [2.05, 4.69) is 4.74 Å². The lowest BCUT2D eigenvalue weighted by atomic mass is 10.00. The van der Waals surface area contributed by atoms with Crippen LogP contribution in [0.15, 0.2) is 24.0 Å². The van der Waals surface area contributed by atoms with Crippen LogP contribution in [0.25, 0.3) is 0 Å². The molecule has 2 heterocycles. The number of allylic oxidation sites excluding steroid dienone is 1. The Morgan fingerprint density at radius 2 is 1.93 bits per heavy atom. The fourth-order valence-corrected chi connectivity index (χ4v) is 3.07. The maximum absolute atomic E-state index is 11.8. The molecular formula is C19H25NO9. The van der Waals surface area contributed by atoms with Gasteiger partial charge in [-0.1, -0.05) is 13.0 Å². The standard InChI is InChI=1S/C19H25NO9/c1-11-14(10-27-16(23)7-6-15(22)26-3)29-18(17(11)28-12(2)21)20-8-4-5-13(9-20)19(24)25/h4,8-9,11,14,17-18H,5-7,10H2,1-3H3,(H,24,25)/t11-,14-,17?,18-/m1/s1. The Balaban J connectivity index is 2.04. The Morgan fingerprint density at radius 3 is 2.55 bits per heavy atom. The van der Waals surface area contributed by atoms with E-state index in [1.165, 1.54) is 25.1 Å². The summed E-state index contributed by atoms with van der Waals surface area (Å²) in [5, 5.41) is 9.22. The highest BCUT2D eigenvalue weighted by atomic mass is 16.6. The van der Waals surface area contributed by atoms with Gasteiger partial charge in [-0.2, -0.15) is 0 Å². The first-order valence-electron chi connectivity index (χ1n) is 9.16.